The highest BCUT2D eigenvalue weighted by molar-refractivity contribution is 6.12. The molecule has 3 aromatic carbocycles. The summed E-state index contributed by atoms with van der Waals surface area (Å²) >= 11 is 0. The number of nitrogens with one attached hydrogen (secondary N) is 2. The molecule has 1 unspecified atom stereocenters. The molecule has 10 heteroatoms. The molecule has 2 N–H and O–H groups in total. The zero-order valence-electron chi connectivity index (χ0n) is 23.9. The van der Waals surface area contributed by atoms with Crippen molar-refractivity contribution in [2.45, 2.75) is 25.9 Å². The molecule has 0 radical (unpaired) electrons. The lowest BCUT2D eigenvalue weighted by Gasteiger charge is -2.34. The fourth-order valence-electron chi connectivity index (χ4n) is 5.20. The summed E-state index contributed by atoms with van der Waals surface area (Å²) in [6, 6.07) is 20.2. The first kappa shape index (κ1) is 29.2. The Morgan fingerprint density at radius 3 is 2.38 bits per heavy atom. The van der Waals surface area contributed by atoms with Crippen LogP contribution >= 0.6 is 0 Å². The van der Waals surface area contributed by atoms with Crippen LogP contribution in [-0.2, 0) is 14.3 Å². The van der Waals surface area contributed by atoms with E-state index in [0.717, 1.165) is 49.8 Å². The summed E-state index contributed by atoms with van der Waals surface area (Å²) in [5.74, 6) is -0.547. The van der Waals surface area contributed by atoms with Gasteiger partial charge in [-0.3, -0.25) is 29.7 Å². The number of amidine groups is 1. The van der Waals surface area contributed by atoms with Crippen molar-refractivity contribution < 1.29 is 23.9 Å². The minimum atomic E-state index is -0.402. The number of hydrogen-bond acceptors (Lipinski definition) is 8. The number of cyclic esters (lactones) is 1. The number of ether oxygens (including phenoxy) is 2. The summed E-state index contributed by atoms with van der Waals surface area (Å²) in [7, 11) is 0. The van der Waals surface area contributed by atoms with Gasteiger partial charge >= 0.3 is 12.1 Å². The SMILES string of the molecule is CCCCOC(=O)CN1CCN(CC2CN(c3ccc(C(=N)NC(=O)c4ccc5ccccc5c4)cc3)C(=O)O2)CC1. The predicted octanol–water partition coefficient (Wildman–Crippen LogP) is 3.88. The van der Waals surface area contributed by atoms with E-state index in [4.69, 9.17) is 14.9 Å². The van der Waals surface area contributed by atoms with Crippen molar-refractivity contribution in [2.24, 2.45) is 0 Å². The fraction of sp³-hybridized carbons (Fsp3) is 0.375. The van der Waals surface area contributed by atoms with Gasteiger partial charge in [-0.2, -0.15) is 0 Å². The number of rotatable bonds is 10. The third kappa shape index (κ3) is 7.32. The second kappa shape index (κ2) is 13.6. The molecule has 2 aliphatic heterocycles. The van der Waals surface area contributed by atoms with Gasteiger partial charge in [-0.15, -0.1) is 0 Å². The molecule has 2 amide bonds. The van der Waals surface area contributed by atoms with Gasteiger partial charge in [-0.1, -0.05) is 43.7 Å². The lowest BCUT2D eigenvalue weighted by molar-refractivity contribution is -0.145. The van der Waals surface area contributed by atoms with Crippen LogP contribution in [0.3, 0.4) is 0 Å². The Morgan fingerprint density at radius 2 is 1.64 bits per heavy atom. The molecule has 42 heavy (non-hydrogen) atoms. The van der Waals surface area contributed by atoms with Gasteiger partial charge < -0.3 is 14.8 Å². The van der Waals surface area contributed by atoms with Gasteiger partial charge in [-0.25, -0.2) is 4.79 Å². The topological polar surface area (TPSA) is 115 Å². The van der Waals surface area contributed by atoms with Crippen LogP contribution in [-0.4, -0.2) is 92.1 Å². The molecule has 3 aromatic rings. The number of fused-ring (bicyclic) bond motifs is 1. The van der Waals surface area contributed by atoms with Crippen LogP contribution in [0.1, 0.15) is 35.7 Å². The molecule has 0 aliphatic carbocycles. The molecule has 0 aromatic heterocycles. The Labute approximate surface area is 245 Å². The van der Waals surface area contributed by atoms with Crippen molar-refractivity contribution in [3.8, 4) is 0 Å². The first-order chi connectivity index (χ1) is 20.4. The summed E-state index contributed by atoms with van der Waals surface area (Å²) in [6.07, 6.45) is 1.22. The Bertz CT molecular complexity index is 1430. The number of hydrogen-bond donors (Lipinski definition) is 2. The number of nitrogens with zero attached hydrogens (tertiary/aromatic N) is 3. The second-order valence-electron chi connectivity index (χ2n) is 10.7. The van der Waals surface area contributed by atoms with Crippen LogP contribution in [0.5, 0.6) is 0 Å². The molecule has 10 nitrogen and oxygen atoms in total. The van der Waals surface area contributed by atoms with Gasteiger partial charge in [0.1, 0.15) is 11.9 Å². The number of carbonyl (C=O) groups excluding carboxylic acids is 3. The molecule has 220 valence electrons. The zero-order chi connectivity index (χ0) is 29.5. The summed E-state index contributed by atoms with van der Waals surface area (Å²) in [6.45, 7) is 7.01. The monoisotopic (exact) mass is 571 g/mol. The van der Waals surface area contributed by atoms with Crippen molar-refractivity contribution in [3.05, 3.63) is 77.9 Å². The van der Waals surface area contributed by atoms with Crippen LogP contribution in [0, 0.1) is 5.41 Å². The number of piperazine rings is 1. The van der Waals surface area contributed by atoms with E-state index >= 15 is 0 Å². The number of anilines is 1. The van der Waals surface area contributed by atoms with Crippen molar-refractivity contribution in [1.82, 2.24) is 15.1 Å². The minimum absolute atomic E-state index is 0.0186. The van der Waals surface area contributed by atoms with E-state index in [1.54, 1.807) is 35.2 Å². The molecule has 0 spiro atoms. The Balaban J connectivity index is 1.09. The Morgan fingerprint density at radius 1 is 0.952 bits per heavy atom. The predicted molar refractivity (Wildman–Crippen MR) is 161 cm³/mol. The average molecular weight is 572 g/mol. The highest BCUT2D eigenvalue weighted by Gasteiger charge is 2.34. The van der Waals surface area contributed by atoms with Gasteiger partial charge in [0.25, 0.3) is 5.91 Å². The van der Waals surface area contributed by atoms with Gasteiger partial charge in [-0.05, 0) is 53.6 Å². The van der Waals surface area contributed by atoms with E-state index in [-0.39, 0.29) is 23.8 Å². The maximum Gasteiger partial charge on any atom is 0.414 e. The number of esters is 1. The van der Waals surface area contributed by atoms with Crippen molar-refractivity contribution >= 4 is 40.3 Å². The molecule has 2 fully saturated rings. The largest absolute Gasteiger partial charge is 0.465 e. The van der Waals surface area contributed by atoms with Crippen molar-refractivity contribution in [2.75, 3.05) is 57.3 Å². The molecule has 0 saturated carbocycles. The lowest BCUT2D eigenvalue weighted by Crippen LogP contribution is -2.50. The van der Waals surface area contributed by atoms with E-state index in [2.05, 4.69) is 22.0 Å². The van der Waals surface area contributed by atoms with Crippen LogP contribution < -0.4 is 10.2 Å². The molecule has 0 bridgehead atoms. The average Bonchev–Trinajstić information content (AvgIpc) is 3.37. The standard InChI is InChI=1S/C32H37N5O5/c1-2-3-18-41-29(38)22-36-16-14-35(15-17-36)20-28-21-37(32(40)42-28)27-12-10-24(11-13-27)30(33)34-31(39)26-9-8-23-6-4-5-7-25(23)19-26/h4-13,19,28H,2-3,14-18,20-22H2,1H3,(H2,33,34,39). The lowest BCUT2D eigenvalue weighted by atomic mass is 10.1. The van der Waals surface area contributed by atoms with E-state index in [1.165, 1.54) is 0 Å². The van der Waals surface area contributed by atoms with Crippen LogP contribution in [0.25, 0.3) is 10.8 Å². The van der Waals surface area contributed by atoms with Gasteiger partial charge in [0.15, 0.2) is 0 Å². The maximum absolute atomic E-state index is 12.8. The van der Waals surface area contributed by atoms with Gasteiger partial charge in [0.2, 0.25) is 0 Å². The highest BCUT2D eigenvalue weighted by Crippen LogP contribution is 2.23. The highest BCUT2D eigenvalue weighted by atomic mass is 16.6. The van der Waals surface area contributed by atoms with Gasteiger partial charge in [0.05, 0.1) is 19.7 Å². The smallest absolute Gasteiger partial charge is 0.414 e. The van der Waals surface area contributed by atoms with E-state index < -0.39 is 6.09 Å². The number of unbranched alkanes of at least 4 members (excludes halogenated alkanes) is 1. The summed E-state index contributed by atoms with van der Waals surface area (Å²) in [5, 5.41) is 13.0. The summed E-state index contributed by atoms with van der Waals surface area (Å²) in [5.41, 5.74) is 1.68. The quantitative estimate of drug-likeness (QED) is 0.164. The molecule has 2 heterocycles. The normalized spacial score (nSPS) is 17.7. The van der Waals surface area contributed by atoms with E-state index in [9.17, 15) is 14.4 Å². The number of benzene rings is 3. The molecule has 1 atom stereocenters. The van der Waals surface area contributed by atoms with Crippen LogP contribution in [0.2, 0.25) is 0 Å². The van der Waals surface area contributed by atoms with Crippen LogP contribution in [0.4, 0.5) is 10.5 Å². The number of carbonyl (C=O) groups is 3. The Hall–Kier alpha value is -4.28. The van der Waals surface area contributed by atoms with E-state index in [0.29, 0.717) is 43.1 Å². The molecule has 5 rings (SSSR count). The molecular weight excluding hydrogens is 534 g/mol. The van der Waals surface area contributed by atoms with Crippen molar-refractivity contribution in [1.29, 1.82) is 5.41 Å². The summed E-state index contributed by atoms with van der Waals surface area (Å²) in [4.78, 5) is 43.3. The van der Waals surface area contributed by atoms with Gasteiger partial charge in [0, 0.05) is 49.5 Å². The minimum Gasteiger partial charge on any atom is -0.465 e. The second-order valence-corrected chi connectivity index (χ2v) is 10.7. The molecular formula is C32H37N5O5. The first-order valence-electron chi connectivity index (χ1n) is 14.5. The van der Waals surface area contributed by atoms with Crippen molar-refractivity contribution in [3.63, 3.8) is 0 Å². The third-order valence-electron chi connectivity index (χ3n) is 7.63. The van der Waals surface area contributed by atoms with Crippen LogP contribution in [0.15, 0.2) is 66.7 Å². The first-order valence-corrected chi connectivity index (χ1v) is 14.5. The summed E-state index contributed by atoms with van der Waals surface area (Å²) < 4.78 is 10.9. The van der Waals surface area contributed by atoms with E-state index in [1.807, 2.05) is 36.4 Å². The molecule has 2 aliphatic rings. The maximum atomic E-state index is 12.8. The molecule has 2 saturated heterocycles. The number of amides is 2. The Kier molecular flexibility index (Phi) is 9.45. The third-order valence-corrected chi connectivity index (χ3v) is 7.63. The zero-order valence-corrected chi connectivity index (χ0v) is 23.9. The fourth-order valence-corrected chi connectivity index (χ4v) is 5.20.